The van der Waals surface area contributed by atoms with Crippen LogP contribution in [0.2, 0.25) is 5.28 Å². The molecule has 1 heterocycles. The summed E-state index contributed by atoms with van der Waals surface area (Å²) < 4.78 is 4.83. The second kappa shape index (κ2) is 5.17. The minimum atomic E-state index is -0.423. The van der Waals surface area contributed by atoms with Gasteiger partial charge in [0.1, 0.15) is 10.6 Å². The van der Waals surface area contributed by atoms with Gasteiger partial charge in [0.2, 0.25) is 5.28 Å². The third-order valence-electron chi connectivity index (χ3n) is 1.41. The Balaban J connectivity index is 3.01. The second-order valence-electron chi connectivity index (χ2n) is 2.28. The molecular weight excluding hydrogens is 224 g/mol. The molecule has 1 rings (SSSR count). The first kappa shape index (κ1) is 11.3. The predicted octanol–water partition coefficient (Wildman–Crippen LogP) is 2.03. The number of ether oxygens (including phenoxy) is 1. The monoisotopic (exact) mass is 232 g/mol. The van der Waals surface area contributed by atoms with Crippen molar-refractivity contribution in [2.75, 3.05) is 12.9 Å². The van der Waals surface area contributed by atoms with Crippen LogP contribution in [0.5, 0.6) is 0 Å². The predicted molar refractivity (Wildman–Crippen MR) is 54.8 cm³/mol. The van der Waals surface area contributed by atoms with Crippen LogP contribution >= 0.6 is 23.4 Å². The van der Waals surface area contributed by atoms with Crippen LogP contribution in [0.15, 0.2) is 11.2 Å². The Morgan fingerprint density at radius 1 is 1.71 bits per heavy atom. The van der Waals surface area contributed by atoms with Crippen molar-refractivity contribution in [3.05, 3.63) is 17.0 Å². The molecule has 0 radical (unpaired) electrons. The Morgan fingerprint density at radius 2 is 2.43 bits per heavy atom. The first-order valence-electron chi connectivity index (χ1n) is 3.92. The van der Waals surface area contributed by atoms with E-state index in [1.165, 1.54) is 18.0 Å². The van der Waals surface area contributed by atoms with E-state index in [0.717, 1.165) is 0 Å². The number of rotatable bonds is 3. The van der Waals surface area contributed by atoms with Gasteiger partial charge in [0.15, 0.2) is 0 Å². The Morgan fingerprint density at radius 3 is 3.00 bits per heavy atom. The van der Waals surface area contributed by atoms with E-state index in [-0.39, 0.29) is 5.28 Å². The fraction of sp³-hybridized carbons (Fsp3) is 0.375. The third kappa shape index (κ3) is 2.59. The van der Waals surface area contributed by atoms with E-state index in [1.54, 1.807) is 13.2 Å². The van der Waals surface area contributed by atoms with Crippen LogP contribution in [0.25, 0.3) is 0 Å². The zero-order valence-electron chi connectivity index (χ0n) is 7.78. The van der Waals surface area contributed by atoms with Crippen LogP contribution in [0, 0.1) is 0 Å². The second-order valence-corrected chi connectivity index (χ2v) is 3.42. The summed E-state index contributed by atoms with van der Waals surface area (Å²) >= 11 is 6.92. The van der Waals surface area contributed by atoms with E-state index in [4.69, 9.17) is 16.3 Å². The third-order valence-corrected chi connectivity index (χ3v) is 2.29. The zero-order chi connectivity index (χ0) is 10.6. The number of hydrogen-bond acceptors (Lipinski definition) is 5. The van der Waals surface area contributed by atoms with Gasteiger partial charge in [-0.3, -0.25) is 0 Å². The maximum Gasteiger partial charge on any atom is 0.342 e. The molecule has 14 heavy (non-hydrogen) atoms. The normalized spacial score (nSPS) is 9.93. The molecule has 0 aliphatic rings. The Bertz CT molecular complexity index is 346. The number of thioether (sulfide) groups is 1. The molecule has 0 bridgehead atoms. The summed E-state index contributed by atoms with van der Waals surface area (Å²) in [7, 11) is 0. The summed E-state index contributed by atoms with van der Waals surface area (Å²) in [5.41, 5.74) is 0.351. The number of aromatic nitrogens is 2. The van der Waals surface area contributed by atoms with Crippen LogP contribution in [0.4, 0.5) is 0 Å². The molecule has 1 aromatic heterocycles. The van der Waals surface area contributed by atoms with Crippen molar-refractivity contribution >= 4 is 29.3 Å². The van der Waals surface area contributed by atoms with E-state index in [2.05, 4.69) is 9.97 Å². The fourth-order valence-electron chi connectivity index (χ4n) is 0.850. The van der Waals surface area contributed by atoms with Crippen molar-refractivity contribution in [3.8, 4) is 0 Å². The van der Waals surface area contributed by atoms with E-state index < -0.39 is 5.97 Å². The van der Waals surface area contributed by atoms with Gasteiger partial charge in [0.25, 0.3) is 0 Å². The summed E-state index contributed by atoms with van der Waals surface area (Å²) in [6.45, 7) is 2.07. The van der Waals surface area contributed by atoms with E-state index in [9.17, 15) is 4.79 Å². The maximum absolute atomic E-state index is 11.4. The standard InChI is InChI=1S/C8H9ClN2O2S/c1-3-13-7(12)5-4-10-8(9)11-6(5)14-2/h4H,3H2,1-2H3. The van der Waals surface area contributed by atoms with Gasteiger partial charge >= 0.3 is 5.97 Å². The summed E-state index contributed by atoms with van der Waals surface area (Å²) in [5.74, 6) is -0.423. The topological polar surface area (TPSA) is 52.1 Å². The molecule has 0 saturated carbocycles. The molecule has 4 nitrogen and oxygen atoms in total. The molecule has 0 unspecified atom stereocenters. The van der Waals surface area contributed by atoms with Crippen molar-refractivity contribution in [1.82, 2.24) is 9.97 Å². The van der Waals surface area contributed by atoms with Crippen molar-refractivity contribution in [2.45, 2.75) is 11.9 Å². The molecule has 76 valence electrons. The van der Waals surface area contributed by atoms with Gasteiger partial charge in [0, 0.05) is 6.20 Å². The quantitative estimate of drug-likeness (QED) is 0.345. The number of hydrogen-bond donors (Lipinski definition) is 0. The number of nitrogens with zero attached hydrogens (tertiary/aromatic N) is 2. The van der Waals surface area contributed by atoms with Crippen LogP contribution in [-0.4, -0.2) is 28.8 Å². The summed E-state index contributed by atoms with van der Waals surface area (Å²) in [5, 5.41) is 0.658. The van der Waals surface area contributed by atoms with Gasteiger partial charge in [0.05, 0.1) is 6.61 Å². The van der Waals surface area contributed by atoms with Gasteiger partial charge in [-0.2, -0.15) is 0 Å². The number of carbonyl (C=O) groups excluding carboxylic acids is 1. The highest BCUT2D eigenvalue weighted by atomic mass is 35.5. The summed E-state index contributed by atoms with van der Waals surface area (Å²) in [4.78, 5) is 19.0. The Labute approximate surface area is 91.0 Å². The lowest BCUT2D eigenvalue weighted by atomic mass is 10.3. The number of halogens is 1. The van der Waals surface area contributed by atoms with Crippen molar-refractivity contribution in [3.63, 3.8) is 0 Å². The molecular formula is C8H9ClN2O2S. The van der Waals surface area contributed by atoms with Gasteiger partial charge in [-0.25, -0.2) is 14.8 Å². The highest BCUT2D eigenvalue weighted by Crippen LogP contribution is 2.19. The van der Waals surface area contributed by atoms with Crippen LogP contribution in [0.3, 0.4) is 0 Å². The van der Waals surface area contributed by atoms with Crippen LogP contribution in [-0.2, 0) is 4.74 Å². The Hall–Kier alpha value is -0.810. The lowest BCUT2D eigenvalue weighted by molar-refractivity contribution is 0.0521. The first-order valence-corrected chi connectivity index (χ1v) is 5.53. The first-order chi connectivity index (χ1) is 6.69. The van der Waals surface area contributed by atoms with Crippen molar-refractivity contribution in [1.29, 1.82) is 0 Å². The van der Waals surface area contributed by atoms with Crippen LogP contribution in [0.1, 0.15) is 17.3 Å². The molecule has 0 aliphatic carbocycles. The SMILES string of the molecule is CCOC(=O)c1cnc(Cl)nc1SC. The number of esters is 1. The van der Waals surface area contributed by atoms with Gasteiger partial charge in [-0.1, -0.05) is 0 Å². The van der Waals surface area contributed by atoms with Crippen molar-refractivity contribution in [2.24, 2.45) is 0 Å². The van der Waals surface area contributed by atoms with Gasteiger partial charge in [-0.15, -0.1) is 11.8 Å². The molecule has 0 atom stereocenters. The van der Waals surface area contributed by atoms with Crippen molar-refractivity contribution < 1.29 is 9.53 Å². The lowest BCUT2D eigenvalue weighted by Gasteiger charge is -2.04. The minimum Gasteiger partial charge on any atom is -0.462 e. The molecule has 0 N–H and O–H groups in total. The molecule has 0 spiro atoms. The maximum atomic E-state index is 11.4. The fourth-order valence-corrected chi connectivity index (χ4v) is 1.57. The van der Waals surface area contributed by atoms with E-state index in [0.29, 0.717) is 17.2 Å². The molecule has 6 heteroatoms. The summed E-state index contributed by atoms with van der Waals surface area (Å²) in [6, 6.07) is 0. The molecule has 0 aromatic carbocycles. The average molecular weight is 233 g/mol. The lowest BCUT2D eigenvalue weighted by Crippen LogP contribution is -2.08. The summed E-state index contributed by atoms with van der Waals surface area (Å²) in [6.07, 6.45) is 3.18. The van der Waals surface area contributed by atoms with E-state index >= 15 is 0 Å². The average Bonchev–Trinajstić information content (AvgIpc) is 2.17. The van der Waals surface area contributed by atoms with Crippen LogP contribution < -0.4 is 0 Å². The number of carbonyl (C=O) groups is 1. The molecule has 0 amide bonds. The minimum absolute atomic E-state index is 0.127. The molecule has 0 fully saturated rings. The largest absolute Gasteiger partial charge is 0.462 e. The molecule has 1 aromatic rings. The molecule has 0 saturated heterocycles. The van der Waals surface area contributed by atoms with E-state index in [1.807, 2.05) is 0 Å². The van der Waals surface area contributed by atoms with Gasteiger partial charge in [-0.05, 0) is 24.8 Å². The highest BCUT2D eigenvalue weighted by molar-refractivity contribution is 7.98. The highest BCUT2D eigenvalue weighted by Gasteiger charge is 2.14. The molecule has 0 aliphatic heterocycles. The smallest absolute Gasteiger partial charge is 0.342 e. The van der Waals surface area contributed by atoms with Gasteiger partial charge < -0.3 is 4.74 Å². The zero-order valence-corrected chi connectivity index (χ0v) is 9.35. The Kier molecular flexibility index (Phi) is 4.16.